The number of nitrogens with zero attached hydrogens (tertiary/aromatic N) is 1. The van der Waals surface area contributed by atoms with E-state index in [-0.39, 0.29) is 12.3 Å². The Morgan fingerprint density at radius 3 is 2.61 bits per heavy atom. The van der Waals surface area contributed by atoms with Gasteiger partial charge in [-0.3, -0.25) is 4.79 Å². The average molecular weight is 409 g/mol. The van der Waals surface area contributed by atoms with Gasteiger partial charge in [0, 0.05) is 5.56 Å². The monoisotopic (exact) mass is 408 g/mol. The van der Waals surface area contributed by atoms with Crippen molar-refractivity contribution in [1.82, 2.24) is 4.98 Å². The lowest BCUT2D eigenvalue weighted by molar-refractivity contribution is -0.115. The van der Waals surface area contributed by atoms with E-state index < -0.39 is 0 Å². The minimum Gasteiger partial charge on any atom is -0.497 e. The standard InChI is InChI=1S/C22H17ClN2O2S/c1-27-16-9-6-14(7-10-16)12-21(26)24-18-11-8-15(13-17(18)23)22-25-19-4-2-3-5-20(19)28-22/h2-11,13H,12H2,1H3,(H,24,26). The van der Waals surface area contributed by atoms with Crippen LogP contribution in [0.25, 0.3) is 20.8 Å². The number of hydrogen-bond donors (Lipinski definition) is 1. The van der Waals surface area contributed by atoms with Crippen LogP contribution in [0.15, 0.2) is 66.7 Å². The maximum atomic E-state index is 12.3. The van der Waals surface area contributed by atoms with Crippen molar-refractivity contribution in [2.24, 2.45) is 0 Å². The normalized spacial score (nSPS) is 10.8. The van der Waals surface area contributed by atoms with Crippen LogP contribution in [-0.2, 0) is 11.2 Å². The molecular weight excluding hydrogens is 392 g/mol. The molecule has 4 aromatic rings. The van der Waals surface area contributed by atoms with Crippen LogP contribution in [0, 0.1) is 0 Å². The number of benzene rings is 3. The number of ether oxygens (including phenoxy) is 1. The Kier molecular flexibility index (Phi) is 5.28. The number of aromatic nitrogens is 1. The molecule has 0 atom stereocenters. The van der Waals surface area contributed by atoms with E-state index in [9.17, 15) is 4.79 Å². The summed E-state index contributed by atoms with van der Waals surface area (Å²) in [7, 11) is 1.61. The molecule has 0 saturated carbocycles. The first-order valence-electron chi connectivity index (χ1n) is 8.70. The van der Waals surface area contributed by atoms with Crippen LogP contribution in [0.4, 0.5) is 5.69 Å². The van der Waals surface area contributed by atoms with E-state index in [4.69, 9.17) is 16.3 Å². The summed E-state index contributed by atoms with van der Waals surface area (Å²) in [5.74, 6) is 0.637. The van der Waals surface area contributed by atoms with Crippen molar-refractivity contribution in [3.05, 3.63) is 77.3 Å². The first kappa shape index (κ1) is 18.5. The van der Waals surface area contributed by atoms with Gasteiger partial charge in [-0.05, 0) is 48.0 Å². The molecule has 0 aliphatic heterocycles. The topological polar surface area (TPSA) is 51.2 Å². The van der Waals surface area contributed by atoms with Gasteiger partial charge in [-0.25, -0.2) is 4.98 Å². The lowest BCUT2D eigenvalue weighted by atomic mass is 10.1. The fraction of sp³-hybridized carbons (Fsp3) is 0.0909. The largest absolute Gasteiger partial charge is 0.497 e. The van der Waals surface area contributed by atoms with E-state index in [1.165, 1.54) is 0 Å². The third-order valence-electron chi connectivity index (χ3n) is 4.31. The minimum atomic E-state index is -0.125. The van der Waals surface area contributed by atoms with Crippen LogP contribution in [0.3, 0.4) is 0 Å². The zero-order valence-electron chi connectivity index (χ0n) is 15.1. The summed E-state index contributed by atoms with van der Waals surface area (Å²) in [5, 5.41) is 4.26. The molecule has 0 saturated heterocycles. The number of carbonyl (C=O) groups excluding carboxylic acids is 1. The molecule has 0 aliphatic rings. The van der Waals surface area contributed by atoms with Crippen molar-refractivity contribution < 1.29 is 9.53 Å². The number of hydrogen-bond acceptors (Lipinski definition) is 4. The number of fused-ring (bicyclic) bond motifs is 1. The highest BCUT2D eigenvalue weighted by molar-refractivity contribution is 7.21. The Morgan fingerprint density at radius 2 is 1.89 bits per heavy atom. The number of anilines is 1. The SMILES string of the molecule is COc1ccc(CC(=O)Nc2ccc(-c3nc4ccccc4s3)cc2Cl)cc1. The molecule has 0 radical (unpaired) electrons. The number of methoxy groups -OCH3 is 1. The highest BCUT2D eigenvalue weighted by Gasteiger charge is 2.11. The summed E-state index contributed by atoms with van der Waals surface area (Å²) in [5.41, 5.74) is 3.39. The quantitative estimate of drug-likeness (QED) is 0.453. The summed E-state index contributed by atoms with van der Waals surface area (Å²) < 4.78 is 6.26. The Balaban J connectivity index is 1.48. The predicted octanol–water partition coefficient (Wildman–Crippen LogP) is 5.81. The number of para-hydroxylation sites is 1. The molecule has 4 nitrogen and oxygen atoms in total. The number of rotatable bonds is 5. The molecule has 0 bridgehead atoms. The Labute approximate surface area is 171 Å². The molecule has 140 valence electrons. The molecule has 1 aromatic heterocycles. The first-order chi connectivity index (χ1) is 13.6. The highest BCUT2D eigenvalue weighted by atomic mass is 35.5. The maximum Gasteiger partial charge on any atom is 0.228 e. The smallest absolute Gasteiger partial charge is 0.228 e. The fourth-order valence-corrected chi connectivity index (χ4v) is 4.06. The molecule has 0 unspecified atom stereocenters. The summed E-state index contributed by atoms with van der Waals surface area (Å²) in [6.45, 7) is 0. The third kappa shape index (κ3) is 4.01. The van der Waals surface area contributed by atoms with Crippen molar-refractivity contribution >= 4 is 44.7 Å². The molecule has 0 spiro atoms. The lowest BCUT2D eigenvalue weighted by Gasteiger charge is -2.09. The summed E-state index contributed by atoms with van der Waals surface area (Å²) >= 11 is 8.03. The Hall–Kier alpha value is -2.89. The minimum absolute atomic E-state index is 0.125. The van der Waals surface area contributed by atoms with E-state index in [1.807, 2.05) is 66.7 Å². The number of thiazole rings is 1. The van der Waals surface area contributed by atoms with Crippen LogP contribution in [0.5, 0.6) is 5.75 Å². The number of nitrogens with one attached hydrogen (secondary N) is 1. The van der Waals surface area contributed by atoms with Crippen molar-refractivity contribution in [2.75, 3.05) is 12.4 Å². The van der Waals surface area contributed by atoms with Crippen molar-refractivity contribution in [2.45, 2.75) is 6.42 Å². The van der Waals surface area contributed by atoms with Gasteiger partial charge in [0.2, 0.25) is 5.91 Å². The summed E-state index contributed by atoms with van der Waals surface area (Å²) in [6.07, 6.45) is 0.264. The van der Waals surface area contributed by atoms with Gasteiger partial charge < -0.3 is 10.1 Å². The second-order valence-corrected chi connectivity index (χ2v) is 7.69. The number of carbonyl (C=O) groups is 1. The van der Waals surface area contributed by atoms with Gasteiger partial charge in [0.15, 0.2) is 0 Å². The van der Waals surface area contributed by atoms with Crippen LogP contribution in [0.1, 0.15) is 5.56 Å². The lowest BCUT2D eigenvalue weighted by Crippen LogP contribution is -2.14. The van der Waals surface area contributed by atoms with Crippen LogP contribution in [0.2, 0.25) is 5.02 Å². The van der Waals surface area contributed by atoms with Crippen molar-refractivity contribution in [3.8, 4) is 16.3 Å². The van der Waals surface area contributed by atoms with E-state index in [0.717, 1.165) is 32.1 Å². The van der Waals surface area contributed by atoms with Gasteiger partial charge in [-0.1, -0.05) is 35.9 Å². The second kappa shape index (κ2) is 8.00. The predicted molar refractivity (Wildman–Crippen MR) is 115 cm³/mol. The van der Waals surface area contributed by atoms with Gasteiger partial charge in [-0.2, -0.15) is 0 Å². The van der Waals surface area contributed by atoms with Crippen LogP contribution < -0.4 is 10.1 Å². The zero-order valence-corrected chi connectivity index (χ0v) is 16.7. The first-order valence-corrected chi connectivity index (χ1v) is 9.90. The Bertz CT molecular complexity index is 1110. The molecule has 6 heteroatoms. The molecule has 3 aromatic carbocycles. The molecule has 1 heterocycles. The van der Waals surface area contributed by atoms with Gasteiger partial charge in [0.05, 0.1) is 34.5 Å². The number of halogens is 1. The molecule has 0 aliphatic carbocycles. The van der Waals surface area contributed by atoms with E-state index in [1.54, 1.807) is 18.4 Å². The molecule has 0 fully saturated rings. The van der Waals surface area contributed by atoms with E-state index in [0.29, 0.717) is 10.7 Å². The van der Waals surface area contributed by atoms with Gasteiger partial charge >= 0.3 is 0 Å². The van der Waals surface area contributed by atoms with Gasteiger partial charge in [0.25, 0.3) is 0 Å². The summed E-state index contributed by atoms with van der Waals surface area (Å²) in [6, 6.07) is 21.0. The van der Waals surface area contributed by atoms with E-state index in [2.05, 4.69) is 10.3 Å². The third-order valence-corrected chi connectivity index (χ3v) is 5.71. The highest BCUT2D eigenvalue weighted by Crippen LogP contribution is 2.33. The van der Waals surface area contributed by atoms with E-state index >= 15 is 0 Å². The molecule has 28 heavy (non-hydrogen) atoms. The van der Waals surface area contributed by atoms with Crippen LogP contribution in [-0.4, -0.2) is 18.0 Å². The second-order valence-electron chi connectivity index (χ2n) is 6.25. The number of amides is 1. The zero-order chi connectivity index (χ0) is 19.5. The molecule has 1 amide bonds. The molecule has 4 rings (SSSR count). The van der Waals surface area contributed by atoms with Crippen LogP contribution >= 0.6 is 22.9 Å². The molecular formula is C22H17ClN2O2S. The molecule has 1 N–H and O–H groups in total. The summed E-state index contributed by atoms with van der Waals surface area (Å²) in [4.78, 5) is 17.0. The van der Waals surface area contributed by atoms with Gasteiger partial charge in [-0.15, -0.1) is 11.3 Å². The average Bonchev–Trinajstić information content (AvgIpc) is 3.14. The fourth-order valence-electron chi connectivity index (χ4n) is 2.87. The van der Waals surface area contributed by atoms with Crippen molar-refractivity contribution in [3.63, 3.8) is 0 Å². The van der Waals surface area contributed by atoms with Crippen molar-refractivity contribution in [1.29, 1.82) is 0 Å². The van der Waals surface area contributed by atoms with Gasteiger partial charge in [0.1, 0.15) is 10.8 Å². The Morgan fingerprint density at radius 1 is 1.11 bits per heavy atom. The maximum absolute atomic E-state index is 12.3.